The SMILES string of the molecule is CC(C(=O)NC/C=C/C(=O)O)c1ccc(NC(=O)OCC2c3ccccc3-c3ccccc32)cc1. The van der Waals surface area contributed by atoms with Crippen molar-refractivity contribution in [2.24, 2.45) is 0 Å². The van der Waals surface area contributed by atoms with Crippen LogP contribution in [0.2, 0.25) is 0 Å². The maximum Gasteiger partial charge on any atom is 0.411 e. The quantitative estimate of drug-likeness (QED) is 0.406. The summed E-state index contributed by atoms with van der Waals surface area (Å²) in [7, 11) is 0. The summed E-state index contributed by atoms with van der Waals surface area (Å²) < 4.78 is 5.57. The van der Waals surface area contributed by atoms with Crippen LogP contribution < -0.4 is 10.6 Å². The number of carboxylic acids is 1. The van der Waals surface area contributed by atoms with Crippen LogP contribution in [-0.4, -0.2) is 36.2 Å². The summed E-state index contributed by atoms with van der Waals surface area (Å²) in [5, 5.41) is 14.0. The lowest BCUT2D eigenvalue weighted by Gasteiger charge is -2.15. The number of anilines is 1. The number of fused-ring (bicyclic) bond motifs is 3. The Bertz CT molecular complexity index is 1220. The zero-order valence-electron chi connectivity index (χ0n) is 19.2. The summed E-state index contributed by atoms with van der Waals surface area (Å²) in [6, 6.07) is 23.3. The van der Waals surface area contributed by atoms with Crippen LogP contribution >= 0.6 is 0 Å². The van der Waals surface area contributed by atoms with Crippen LogP contribution in [0.1, 0.15) is 35.4 Å². The van der Waals surface area contributed by atoms with E-state index in [1.807, 2.05) is 24.3 Å². The summed E-state index contributed by atoms with van der Waals surface area (Å²) >= 11 is 0. The van der Waals surface area contributed by atoms with Gasteiger partial charge in [0.05, 0.1) is 5.92 Å². The molecule has 7 heteroatoms. The summed E-state index contributed by atoms with van der Waals surface area (Å²) in [5.41, 5.74) is 5.96. The number of ether oxygens (including phenoxy) is 1. The Hall–Kier alpha value is -4.39. The van der Waals surface area contributed by atoms with Crippen LogP contribution in [0, 0.1) is 0 Å². The number of carboxylic acid groups (broad SMARTS) is 1. The normalized spacial score (nSPS) is 13.1. The van der Waals surface area contributed by atoms with Gasteiger partial charge in [0.1, 0.15) is 6.61 Å². The Kier molecular flexibility index (Phi) is 7.26. The molecule has 0 saturated heterocycles. The van der Waals surface area contributed by atoms with Crippen molar-refractivity contribution in [3.8, 4) is 11.1 Å². The van der Waals surface area contributed by atoms with E-state index in [4.69, 9.17) is 9.84 Å². The van der Waals surface area contributed by atoms with E-state index in [0.717, 1.165) is 22.8 Å². The molecule has 0 aromatic heterocycles. The largest absolute Gasteiger partial charge is 0.478 e. The fourth-order valence-electron chi connectivity index (χ4n) is 4.23. The highest BCUT2D eigenvalue weighted by atomic mass is 16.5. The average molecular weight is 471 g/mol. The first kappa shape index (κ1) is 23.8. The third-order valence-corrected chi connectivity index (χ3v) is 6.05. The minimum absolute atomic E-state index is 0.0137. The van der Waals surface area contributed by atoms with Gasteiger partial charge in [-0.1, -0.05) is 66.7 Å². The standard InChI is InChI=1S/C28H26N2O5/c1-18(27(33)29-16-6-11-26(31)32)19-12-14-20(15-13-19)30-28(34)35-17-25-23-9-4-2-7-21(23)22-8-3-5-10-24(22)25/h2-15,18,25H,16-17H2,1H3,(H,29,33)(H,30,34)(H,31,32)/b11-6+. The number of nitrogens with one attached hydrogen (secondary N) is 2. The number of carbonyl (C=O) groups excluding carboxylic acids is 2. The van der Waals surface area contributed by atoms with Crippen LogP contribution in [0.15, 0.2) is 84.9 Å². The molecule has 178 valence electrons. The molecule has 0 radical (unpaired) electrons. The van der Waals surface area contributed by atoms with Crippen molar-refractivity contribution in [2.45, 2.75) is 18.8 Å². The first-order chi connectivity index (χ1) is 16.9. The molecule has 0 bridgehead atoms. The molecule has 0 heterocycles. The molecule has 0 saturated carbocycles. The Balaban J connectivity index is 1.32. The van der Waals surface area contributed by atoms with Crippen LogP contribution in [0.4, 0.5) is 10.5 Å². The van der Waals surface area contributed by atoms with Crippen molar-refractivity contribution in [1.29, 1.82) is 0 Å². The number of rotatable bonds is 8. The predicted octanol–water partition coefficient (Wildman–Crippen LogP) is 4.91. The number of hydrogen-bond donors (Lipinski definition) is 3. The highest BCUT2D eigenvalue weighted by Crippen LogP contribution is 2.44. The second-order valence-electron chi connectivity index (χ2n) is 8.28. The lowest BCUT2D eigenvalue weighted by molar-refractivity contribution is -0.131. The maximum absolute atomic E-state index is 12.5. The van der Waals surface area contributed by atoms with E-state index in [-0.39, 0.29) is 25.0 Å². The Morgan fingerprint density at radius 3 is 2.14 bits per heavy atom. The molecule has 1 aliphatic carbocycles. The Morgan fingerprint density at radius 1 is 0.943 bits per heavy atom. The maximum atomic E-state index is 12.5. The summed E-state index contributed by atoms with van der Waals surface area (Å²) in [5.74, 6) is -1.74. The number of amides is 2. The molecule has 3 aromatic rings. The molecule has 4 rings (SSSR count). The number of hydrogen-bond acceptors (Lipinski definition) is 4. The monoisotopic (exact) mass is 470 g/mol. The first-order valence-corrected chi connectivity index (χ1v) is 11.3. The molecule has 2 amide bonds. The smallest absolute Gasteiger partial charge is 0.411 e. The zero-order valence-corrected chi connectivity index (χ0v) is 19.2. The molecule has 1 aliphatic rings. The third kappa shape index (κ3) is 5.58. The lowest BCUT2D eigenvalue weighted by Crippen LogP contribution is -2.28. The van der Waals surface area contributed by atoms with Crippen LogP contribution in [0.5, 0.6) is 0 Å². The molecule has 0 aliphatic heterocycles. The van der Waals surface area contributed by atoms with Crippen LogP contribution in [-0.2, 0) is 14.3 Å². The van der Waals surface area contributed by atoms with E-state index in [9.17, 15) is 14.4 Å². The highest BCUT2D eigenvalue weighted by molar-refractivity contribution is 5.86. The summed E-state index contributed by atoms with van der Waals surface area (Å²) in [4.78, 5) is 35.2. The molecule has 1 atom stereocenters. The van der Waals surface area contributed by atoms with Gasteiger partial charge in [-0.15, -0.1) is 0 Å². The molecular weight excluding hydrogens is 444 g/mol. The van der Waals surface area contributed by atoms with Crippen molar-refractivity contribution in [3.05, 3.63) is 102 Å². The number of aliphatic carboxylic acids is 1. The van der Waals surface area contributed by atoms with Gasteiger partial charge in [0.25, 0.3) is 0 Å². The zero-order chi connectivity index (χ0) is 24.8. The number of carbonyl (C=O) groups is 3. The minimum Gasteiger partial charge on any atom is -0.478 e. The molecule has 35 heavy (non-hydrogen) atoms. The summed E-state index contributed by atoms with van der Waals surface area (Å²) in [6.07, 6.45) is 1.80. The first-order valence-electron chi connectivity index (χ1n) is 11.3. The molecule has 7 nitrogen and oxygen atoms in total. The van der Waals surface area contributed by atoms with E-state index >= 15 is 0 Å². The van der Waals surface area contributed by atoms with E-state index in [0.29, 0.717) is 5.69 Å². The fourth-order valence-corrected chi connectivity index (χ4v) is 4.23. The topological polar surface area (TPSA) is 105 Å². The molecule has 3 aromatic carbocycles. The average Bonchev–Trinajstić information content (AvgIpc) is 3.19. The van der Waals surface area contributed by atoms with Crippen LogP contribution in [0.3, 0.4) is 0 Å². The molecule has 3 N–H and O–H groups in total. The third-order valence-electron chi connectivity index (χ3n) is 6.05. The second kappa shape index (κ2) is 10.7. The van der Waals surface area contributed by atoms with Gasteiger partial charge in [-0.25, -0.2) is 9.59 Å². The highest BCUT2D eigenvalue weighted by Gasteiger charge is 2.29. The van der Waals surface area contributed by atoms with Gasteiger partial charge in [-0.2, -0.15) is 0 Å². The lowest BCUT2D eigenvalue weighted by atomic mass is 9.98. The van der Waals surface area contributed by atoms with Gasteiger partial charge in [0.2, 0.25) is 5.91 Å². The van der Waals surface area contributed by atoms with Gasteiger partial charge in [-0.05, 0) is 46.9 Å². The van der Waals surface area contributed by atoms with E-state index in [1.54, 1.807) is 31.2 Å². The van der Waals surface area contributed by atoms with E-state index < -0.39 is 18.0 Å². The molecular formula is C28H26N2O5. The van der Waals surface area contributed by atoms with Gasteiger partial charge < -0.3 is 15.2 Å². The van der Waals surface area contributed by atoms with Gasteiger partial charge in [0, 0.05) is 24.2 Å². The van der Waals surface area contributed by atoms with Crippen molar-refractivity contribution in [3.63, 3.8) is 0 Å². The minimum atomic E-state index is -1.06. The fraction of sp³-hybridized carbons (Fsp3) is 0.179. The van der Waals surface area contributed by atoms with Crippen molar-refractivity contribution in [2.75, 3.05) is 18.5 Å². The Morgan fingerprint density at radius 2 is 1.54 bits per heavy atom. The van der Waals surface area contributed by atoms with Gasteiger partial charge in [0.15, 0.2) is 0 Å². The predicted molar refractivity (Wildman–Crippen MR) is 133 cm³/mol. The van der Waals surface area contributed by atoms with Crippen LogP contribution in [0.25, 0.3) is 11.1 Å². The van der Waals surface area contributed by atoms with Crippen molar-refractivity contribution in [1.82, 2.24) is 5.32 Å². The van der Waals surface area contributed by atoms with Gasteiger partial charge in [-0.3, -0.25) is 10.1 Å². The van der Waals surface area contributed by atoms with Crippen molar-refractivity contribution < 1.29 is 24.2 Å². The van der Waals surface area contributed by atoms with E-state index in [2.05, 4.69) is 34.9 Å². The van der Waals surface area contributed by atoms with Crippen molar-refractivity contribution >= 4 is 23.7 Å². The second-order valence-corrected chi connectivity index (χ2v) is 8.28. The summed E-state index contributed by atoms with van der Waals surface area (Å²) in [6.45, 7) is 2.12. The number of benzene rings is 3. The van der Waals surface area contributed by atoms with E-state index in [1.165, 1.54) is 17.2 Å². The van der Waals surface area contributed by atoms with Gasteiger partial charge >= 0.3 is 12.1 Å². The molecule has 0 spiro atoms. The molecule has 1 unspecified atom stereocenters. The molecule has 0 fully saturated rings. The Labute approximate surface area is 203 Å².